The molecule has 0 saturated heterocycles. The molecule has 0 unspecified atom stereocenters. The first-order valence-corrected chi connectivity index (χ1v) is 9.03. The van der Waals surface area contributed by atoms with Gasteiger partial charge in [-0.15, -0.1) is 0 Å². The minimum absolute atomic E-state index is 0.0299. The maximum Gasteiger partial charge on any atom is 0.392 e. The van der Waals surface area contributed by atoms with E-state index in [0.717, 1.165) is 36.5 Å². The van der Waals surface area contributed by atoms with Gasteiger partial charge in [0, 0.05) is 0 Å². The van der Waals surface area contributed by atoms with Crippen LogP contribution in [0.3, 0.4) is 0 Å². The molecule has 1 heterocycles. The summed E-state index contributed by atoms with van der Waals surface area (Å²) in [5, 5.41) is 13.7. The van der Waals surface area contributed by atoms with Crippen LogP contribution in [-0.2, 0) is 0 Å². The molecule has 1 aliphatic carbocycles. The summed E-state index contributed by atoms with van der Waals surface area (Å²) in [5.41, 5.74) is -0.337. The van der Waals surface area contributed by atoms with Gasteiger partial charge in [0.05, 0.1) is 4.92 Å². The molecule has 1 saturated carbocycles. The number of benzene rings is 2. The molecule has 7 heteroatoms. The highest BCUT2D eigenvalue weighted by molar-refractivity contribution is 5.83. The van der Waals surface area contributed by atoms with Gasteiger partial charge < -0.3 is 9.47 Å². The lowest BCUT2D eigenvalue weighted by Gasteiger charge is -2.22. The van der Waals surface area contributed by atoms with Crippen LogP contribution in [0.25, 0.3) is 10.8 Å². The average molecular weight is 365 g/mol. The molecule has 4 rings (SSSR count). The van der Waals surface area contributed by atoms with E-state index in [1.54, 1.807) is 6.07 Å². The van der Waals surface area contributed by atoms with Crippen LogP contribution in [0, 0.1) is 10.1 Å². The van der Waals surface area contributed by atoms with E-state index in [4.69, 9.17) is 9.47 Å². The molecule has 27 heavy (non-hydrogen) atoms. The third-order valence-corrected chi connectivity index (χ3v) is 4.70. The molecule has 0 atom stereocenters. The van der Waals surface area contributed by atoms with Crippen molar-refractivity contribution >= 4 is 16.5 Å². The molecule has 0 N–H and O–H groups in total. The minimum Gasteiger partial charge on any atom is -0.469 e. The van der Waals surface area contributed by atoms with Crippen LogP contribution in [-0.4, -0.2) is 21.0 Å². The van der Waals surface area contributed by atoms with E-state index in [1.807, 2.05) is 36.4 Å². The Bertz CT molecular complexity index is 970. The highest BCUT2D eigenvalue weighted by Gasteiger charge is 2.29. The Hall–Kier alpha value is -3.22. The van der Waals surface area contributed by atoms with Gasteiger partial charge in [-0.1, -0.05) is 36.8 Å². The van der Waals surface area contributed by atoms with Crippen LogP contribution < -0.4 is 9.47 Å². The van der Waals surface area contributed by atoms with Gasteiger partial charge >= 0.3 is 17.4 Å². The molecule has 0 aliphatic heterocycles. The number of rotatable bonds is 5. The summed E-state index contributed by atoms with van der Waals surface area (Å²) < 4.78 is 11.6. The van der Waals surface area contributed by atoms with Crippen LogP contribution >= 0.6 is 0 Å². The summed E-state index contributed by atoms with van der Waals surface area (Å²) in [6.07, 6.45) is 6.22. The Morgan fingerprint density at radius 2 is 1.70 bits per heavy atom. The van der Waals surface area contributed by atoms with Gasteiger partial charge in [-0.25, -0.2) is 0 Å². The third-order valence-electron chi connectivity index (χ3n) is 4.70. The van der Waals surface area contributed by atoms with E-state index >= 15 is 0 Å². The molecule has 2 aromatic carbocycles. The summed E-state index contributed by atoms with van der Waals surface area (Å²) >= 11 is 0. The Labute approximate surface area is 156 Å². The molecule has 7 nitrogen and oxygen atoms in total. The smallest absolute Gasteiger partial charge is 0.392 e. The molecule has 0 bridgehead atoms. The molecular formula is C20H19N3O4. The zero-order chi connectivity index (χ0) is 18.6. The zero-order valence-electron chi connectivity index (χ0n) is 14.7. The summed E-state index contributed by atoms with van der Waals surface area (Å²) in [4.78, 5) is 19.1. The number of hydrogen-bond acceptors (Lipinski definition) is 6. The fourth-order valence-corrected chi connectivity index (χ4v) is 3.35. The second-order valence-corrected chi connectivity index (χ2v) is 6.58. The van der Waals surface area contributed by atoms with Crippen LogP contribution in [0.2, 0.25) is 0 Å². The monoisotopic (exact) mass is 365 g/mol. The van der Waals surface area contributed by atoms with Crippen molar-refractivity contribution in [3.8, 4) is 17.5 Å². The van der Waals surface area contributed by atoms with Crippen LogP contribution in [0.1, 0.15) is 32.1 Å². The van der Waals surface area contributed by atoms with Crippen molar-refractivity contribution in [2.75, 3.05) is 0 Å². The summed E-state index contributed by atoms with van der Waals surface area (Å²) in [6.45, 7) is 0. The lowest BCUT2D eigenvalue weighted by atomic mass is 9.98. The molecule has 3 aromatic rings. The summed E-state index contributed by atoms with van der Waals surface area (Å²) in [7, 11) is 0. The van der Waals surface area contributed by atoms with Gasteiger partial charge in [-0.3, -0.25) is 10.1 Å². The molecule has 1 fully saturated rings. The van der Waals surface area contributed by atoms with Crippen molar-refractivity contribution < 1.29 is 14.4 Å². The van der Waals surface area contributed by atoms with E-state index in [-0.39, 0.29) is 23.6 Å². The first kappa shape index (κ1) is 17.2. The van der Waals surface area contributed by atoms with E-state index in [2.05, 4.69) is 9.97 Å². The first-order chi connectivity index (χ1) is 13.2. The normalized spacial score (nSPS) is 14.8. The SMILES string of the molecule is O=[N+]([O-])c1c(Oc2ccc3ccccc3c2)ncnc1OC1CCCCC1. The predicted octanol–water partition coefficient (Wildman–Crippen LogP) is 5.04. The van der Waals surface area contributed by atoms with Crippen LogP contribution in [0.5, 0.6) is 17.5 Å². The maximum absolute atomic E-state index is 11.7. The highest BCUT2D eigenvalue weighted by Crippen LogP contribution is 2.37. The van der Waals surface area contributed by atoms with Gasteiger partial charge in [-0.05, 0) is 48.6 Å². The molecule has 1 aliphatic rings. The van der Waals surface area contributed by atoms with E-state index in [9.17, 15) is 10.1 Å². The summed E-state index contributed by atoms with van der Waals surface area (Å²) in [6, 6.07) is 13.3. The second-order valence-electron chi connectivity index (χ2n) is 6.58. The molecule has 0 radical (unpaired) electrons. The Kier molecular flexibility index (Phi) is 4.82. The zero-order valence-corrected chi connectivity index (χ0v) is 14.7. The van der Waals surface area contributed by atoms with Gasteiger partial charge in [0.25, 0.3) is 0 Å². The van der Waals surface area contributed by atoms with Crippen molar-refractivity contribution in [3.63, 3.8) is 0 Å². The number of aromatic nitrogens is 2. The van der Waals surface area contributed by atoms with E-state index in [0.29, 0.717) is 5.75 Å². The molecule has 0 spiro atoms. The van der Waals surface area contributed by atoms with Crippen molar-refractivity contribution in [2.24, 2.45) is 0 Å². The number of fused-ring (bicyclic) bond motifs is 1. The molecule has 0 amide bonds. The van der Waals surface area contributed by atoms with Gasteiger partial charge in [0.15, 0.2) is 0 Å². The molecular weight excluding hydrogens is 346 g/mol. The largest absolute Gasteiger partial charge is 0.469 e. The number of ether oxygens (including phenoxy) is 2. The highest BCUT2D eigenvalue weighted by atomic mass is 16.6. The molecule has 138 valence electrons. The Morgan fingerprint density at radius 1 is 0.963 bits per heavy atom. The number of hydrogen-bond donors (Lipinski definition) is 0. The molecule has 1 aromatic heterocycles. The maximum atomic E-state index is 11.7. The standard InChI is InChI=1S/C20H19N3O4/c24-23(25)18-19(26-16-8-2-1-3-9-16)21-13-22-20(18)27-17-11-10-14-6-4-5-7-15(14)12-17/h4-7,10-13,16H,1-3,8-9H2. The van der Waals surface area contributed by atoms with Crippen LogP contribution in [0.4, 0.5) is 5.69 Å². The van der Waals surface area contributed by atoms with Crippen molar-refractivity contribution in [2.45, 2.75) is 38.2 Å². The predicted molar refractivity (Wildman–Crippen MR) is 100 cm³/mol. The fourth-order valence-electron chi connectivity index (χ4n) is 3.35. The third kappa shape index (κ3) is 3.81. The van der Waals surface area contributed by atoms with Gasteiger partial charge in [-0.2, -0.15) is 9.97 Å². The second kappa shape index (κ2) is 7.57. The van der Waals surface area contributed by atoms with E-state index in [1.165, 1.54) is 12.7 Å². The lowest BCUT2D eigenvalue weighted by Crippen LogP contribution is -2.21. The quantitative estimate of drug-likeness (QED) is 0.465. The first-order valence-electron chi connectivity index (χ1n) is 9.03. The van der Waals surface area contributed by atoms with Crippen molar-refractivity contribution in [3.05, 3.63) is 58.9 Å². The Balaban J connectivity index is 1.64. The van der Waals surface area contributed by atoms with Crippen molar-refractivity contribution in [1.82, 2.24) is 9.97 Å². The number of nitro groups is 1. The van der Waals surface area contributed by atoms with Gasteiger partial charge in [0.2, 0.25) is 0 Å². The Morgan fingerprint density at radius 3 is 2.48 bits per heavy atom. The van der Waals surface area contributed by atoms with E-state index < -0.39 is 4.92 Å². The summed E-state index contributed by atoms with van der Waals surface area (Å²) in [5.74, 6) is 0.327. The lowest BCUT2D eigenvalue weighted by molar-refractivity contribution is -0.387. The number of nitrogens with zero attached hydrogens (tertiary/aromatic N) is 3. The van der Waals surface area contributed by atoms with Gasteiger partial charge in [0.1, 0.15) is 18.2 Å². The van der Waals surface area contributed by atoms with Crippen molar-refractivity contribution in [1.29, 1.82) is 0 Å². The van der Waals surface area contributed by atoms with Crippen LogP contribution in [0.15, 0.2) is 48.8 Å². The topological polar surface area (TPSA) is 87.4 Å². The minimum atomic E-state index is -0.547. The average Bonchev–Trinajstić information content (AvgIpc) is 2.68. The fraction of sp³-hybridized carbons (Fsp3) is 0.300.